The maximum absolute atomic E-state index is 13.1. The van der Waals surface area contributed by atoms with E-state index >= 15 is 0 Å². The SMILES string of the molecule is Cl.Fc1ccc([C@@H](CCC(F)(F)F)N2CCNCC2)c(Cl)c1. The van der Waals surface area contributed by atoms with Crippen LogP contribution in [0.5, 0.6) is 0 Å². The zero-order chi connectivity index (χ0) is 15.5. The smallest absolute Gasteiger partial charge is 0.314 e. The van der Waals surface area contributed by atoms with E-state index in [2.05, 4.69) is 5.32 Å². The molecular formula is C14H18Cl2F4N2. The first kappa shape index (κ1) is 19.5. The second-order valence-electron chi connectivity index (χ2n) is 5.12. The number of nitrogens with zero attached hydrogens (tertiary/aromatic N) is 1. The Bertz CT molecular complexity index is 476. The van der Waals surface area contributed by atoms with Crippen molar-refractivity contribution in [2.75, 3.05) is 26.2 Å². The van der Waals surface area contributed by atoms with Gasteiger partial charge in [-0.1, -0.05) is 17.7 Å². The van der Waals surface area contributed by atoms with E-state index < -0.39 is 24.5 Å². The third kappa shape index (κ3) is 5.57. The third-order valence-corrected chi connectivity index (χ3v) is 3.94. The van der Waals surface area contributed by atoms with Crippen molar-refractivity contribution in [3.05, 3.63) is 34.6 Å². The molecule has 0 amide bonds. The summed E-state index contributed by atoms with van der Waals surface area (Å²) in [5.41, 5.74) is 0.559. The summed E-state index contributed by atoms with van der Waals surface area (Å²) in [5.74, 6) is -0.487. The van der Waals surface area contributed by atoms with Gasteiger partial charge in [0.05, 0.1) is 0 Å². The molecule has 2 rings (SSSR count). The zero-order valence-corrected chi connectivity index (χ0v) is 13.4. The molecule has 0 radical (unpaired) electrons. The van der Waals surface area contributed by atoms with E-state index in [0.717, 1.165) is 19.2 Å². The molecule has 1 aliphatic heterocycles. The Balaban J connectivity index is 0.00000242. The molecule has 0 unspecified atom stereocenters. The molecule has 1 aliphatic rings. The van der Waals surface area contributed by atoms with Gasteiger partial charge in [-0.3, -0.25) is 4.90 Å². The van der Waals surface area contributed by atoms with E-state index in [1.807, 2.05) is 4.90 Å². The van der Waals surface area contributed by atoms with Gasteiger partial charge in [-0.05, 0) is 24.1 Å². The van der Waals surface area contributed by atoms with Crippen molar-refractivity contribution in [2.45, 2.75) is 25.1 Å². The molecule has 126 valence electrons. The van der Waals surface area contributed by atoms with Gasteiger partial charge in [-0.15, -0.1) is 12.4 Å². The molecule has 2 nitrogen and oxygen atoms in total. The maximum Gasteiger partial charge on any atom is 0.389 e. The monoisotopic (exact) mass is 360 g/mol. The number of benzene rings is 1. The van der Waals surface area contributed by atoms with Crippen molar-refractivity contribution in [3.8, 4) is 0 Å². The summed E-state index contributed by atoms with van der Waals surface area (Å²) >= 11 is 6.03. The van der Waals surface area contributed by atoms with Crippen LogP contribution in [-0.4, -0.2) is 37.3 Å². The fraction of sp³-hybridized carbons (Fsp3) is 0.571. The Morgan fingerprint density at radius 1 is 1.23 bits per heavy atom. The van der Waals surface area contributed by atoms with Gasteiger partial charge in [0.15, 0.2) is 0 Å². The largest absolute Gasteiger partial charge is 0.389 e. The topological polar surface area (TPSA) is 15.3 Å². The first-order chi connectivity index (χ1) is 9.87. The number of alkyl halides is 3. The molecule has 1 aromatic carbocycles. The molecule has 0 saturated carbocycles. The van der Waals surface area contributed by atoms with Crippen LogP contribution in [0.15, 0.2) is 18.2 Å². The van der Waals surface area contributed by atoms with Crippen LogP contribution in [0.4, 0.5) is 17.6 Å². The van der Waals surface area contributed by atoms with E-state index in [1.165, 1.54) is 12.1 Å². The molecule has 0 bridgehead atoms. The van der Waals surface area contributed by atoms with Crippen molar-refractivity contribution < 1.29 is 17.6 Å². The van der Waals surface area contributed by atoms with Gasteiger partial charge >= 0.3 is 6.18 Å². The van der Waals surface area contributed by atoms with Gasteiger partial charge in [-0.2, -0.15) is 13.2 Å². The Hall–Kier alpha value is -0.560. The van der Waals surface area contributed by atoms with Crippen LogP contribution in [-0.2, 0) is 0 Å². The van der Waals surface area contributed by atoms with E-state index in [1.54, 1.807) is 0 Å². The van der Waals surface area contributed by atoms with Crippen LogP contribution in [0, 0.1) is 5.82 Å². The average Bonchev–Trinajstić information content (AvgIpc) is 2.41. The minimum absolute atomic E-state index is 0. The number of halogens is 6. The van der Waals surface area contributed by atoms with Crippen molar-refractivity contribution in [2.24, 2.45) is 0 Å². The van der Waals surface area contributed by atoms with Crippen LogP contribution in [0.3, 0.4) is 0 Å². The summed E-state index contributed by atoms with van der Waals surface area (Å²) < 4.78 is 50.8. The number of hydrogen-bond donors (Lipinski definition) is 1. The fourth-order valence-electron chi connectivity index (χ4n) is 2.60. The van der Waals surface area contributed by atoms with Crippen LogP contribution >= 0.6 is 24.0 Å². The Kier molecular flexibility index (Phi) is 7.38. The lowest BCUT2D eigenvalue weighted by Crippen LogP contribution is -2.45. The number of piperazine rings is 1. The zero-order valence-electron chi connectivity index (χ0n) is 11.8. The Morgan fingerprint density at radius 2 is 1.86 bits per heavy atom. The second kappa shape index (κ2) is 8.34. The molecule has 1 saturated heterocycles. The summed E-state index contributed by atoms with van der Waals surface area (Å²) in [5, 5.41) is 3.34. The highest BCUT2D eigenvalue weighted by Gasteiger charge is 2.32. The van der Waals surface area contributed by atoms with Crippen LogP contribution < -0.4 is 5.32 Å². The molecule has 0 spiro atoms. The third-order valence-electron chi connectivity index (χ3n) is 3.62. The van der Waals surface area contributed by atoms with Gasteiger partial charge in [0.25, 0.3) is 0 Å². The summed E-state index contributed by atoms with van der Waals surface area (Å²) in [4.78, 5) is 1.97. The number of rotatable bonds is 4. The Morgan fingerprint density at radius 3 is 2.41 bits per heavy atom. The molecule has 8 heteroatoms. The van der Waals surface area contributed by atoms with Gasteiger partial charge in [0.1, 0.15) is 5.82 Å². The van der Waals surface area contributed by atoms with Gasteiger partial charge < -0.3 is 5.32 Å². The first-order valence-electron chi connectivity index (χ1n) is 6.83. The fourth-order valence-corrected chi connectivity index (χ4v) is 2.89. The molecule has 0 aliphatic carbocycles. The first-order valence-corrected chi connectivity index (χ1v) is 7.21. The standard InChI is InChI=1S/C14H17ClF4N2.ClH/c15-12-9-10(16)1-2-11(12)13(3-4-14(17,18)19)21-7-5-20-6-8-21;/h1-2,9,13,20H,3-8H2;1H/t13-;/m1./s1. The molecule has 1 fully saturated rings. The lowest BCUT2D eigenvalue weighted by atomic mass is 9.99. The van der Waals surface area contributed by atoms with E-state index in [0.29, 0.717) is 18.7 Å². The van der Waals surface area contributed by atoms with E-state index in [-0.39, 0.29) is 23.9 Å². The van der Waals surface area contributed by atoms with Crippen molar-refractivity contribution in [1.82, 2.24) is 10.2 Å². The van der Waals surface area contributed by atoms with Crippen LogP contribution in [0.25, 0.3) is 0 Å². The summed E-state index contributed by atoms with van der Waals surface area (Å²) in [6.45, 7) is 2.75. The minimum Gasteiger partial charge on any atom is -0.314 e. The van der Waals surface area contributed by atoms with Gasteiger partial charge in [0.2, 0.25) is 0 Å². The minimum atomic E-state index is -4.21. The van der Waals surface area contributed by atoms with Crippen molar-refractivity contribution in [3.63, 3.8) is 0 Å². The van der Waals surface area contributed by atoms with Gasteiger partial charge in [0, 0.05) is 43.7 Å². The van der Waals surface area contributed by atoms with E-state index in [9.17, 15) is 17.6 Å². The maximum atomic E-state index is 13.1. The summed E-state index contributed by atoms with van der Waals surface area (Å²) in [7, 11) is 0. The molecule has 22 heavy (non-hydrogen) atoms. The quantitative estimate of drug-likeness (QED) is 0.809. The number of nitrogens with one attached hydrogen (secondary N) is 1. The lowest BCUT2D eigenvalue weighted by Gasteiger charge is -2.36. The predicted molar refractivity (Wildman–Crippen MR) is 81.1 cm³/mol. The van der Waals surface area contributed by atoms with Gasteiger partial charge in [-0.25, -0.2) is 4.39 Å². The highest BCUT2D eigenvalue weighted by Crippen LogP contribution is 2.35. The molecule has 0 aromatic heterocycles. The average molecular weight is 361 g/mol. The summed E-state index contributed by atoms with van der Waals surface area (Å²) in [6, 6.07) is 3.44. The van der Waals surface area contributed by atoms with Crippen LogP contribution in [0.2, 0.25) is 5.02 Å². The highest BCUT2D eigenvalue weighted by molar-refractivity contribution is 6.31. The van der Waals surface area contributed by atoms with Crippen LogP contribution in [0.1, 0.15) is 24.4 Å². The molecule has 1 N–H and O–H groups in total. The lowest BCUT2D eigenvalue weighted by molar-refractivity contribution is -0.138. The molecule has 1 aromatic rings. The van der Waals surface area contributed by atoms with Crippen molar-refractivity contribution in [1.29, 1.82) is 0 Å². The number of hydrogen-bond acceptors (Lipinski definition) is 2. The van der Waals surface area contributed by atoms with E-state index in [4.69, 9.17) is 11.6 Å². The molecular weight excluding hydrogens is 343 g/mol. The molecule has 1 atom stereocenters. The molecule has 1 heterocycles. The highest BCUT2D eigenvalue weighted by atomic mass is 35.5. The summed E-state index contributed by atoms with van der Waals surface area (Å²) in [6.07, 6.45) is -5.16. The predicted octanol–water partition coefficient (Wildman–Crippen LogP) is 4.19. The Labute approximate surface area is 138 Å². The normalized spacial score (nSPS) is 17.9. The second-order valence-corrected chi connectivity index (χ2v) is 5.53. The van der Waals surface area contributed by atoms with Crippen molar-refractivity contribution >= 4 is 24.0 Å².